The molecule has 2 nitrogen and oxygen atoms in total. The Bertz CT molecular complexity index is 621. The van der Waals surface area contributed by atoms with Crippen molar-refractivity contribution in [1.29, 1.82) is 0 Å². The largest absolute Gasteiger partial charge is 0.241 e. The van der Waals surface area contributed by atoms with Gasteiger partial charge in [-0.2, -0.15) is 0 Å². The van der Waals surface area contributed by atoms with Crippen molar-refractivity contribution in [2.75, 3.05) is 0 Å². The van der Waals surface area contributed by atoms with Gasteiger partial charge in [-0.3, -0.25) is 0 Å². The van der Waals surface area contributed by atoms with Gasteiger partial charge in [0.05, 0.1) is 11.4 Å². The Kier molecular flexibility index (Phi) is 2.83. The molecular weight excluding hydrogens is 244 g/mol. The second-order valence-corrected chi connectivity index (χ2v) is 6.38. The van der Waals surface area contributed by atoms with Crippen molar-refractivity contribution in [2.24, 2.45) is 11.8 Å². The van der Waals surface area contributed by atoms with Crippen LogP contribution in [0.5, 0.6) is 0 Å². The van der Waals surface area contributed by atoms with Gasteiger partial charge in [-0.1, -0.05) is 36.8 Å². The quantitative estimate of drug-likeness (QED) is 0.805. The third-order valence-electron chi connectivity index (χ3n) is 5.26. The summed E-state index contributed by atoms with van der Waals surface area (Å²) in [4.78, 5) is 9.19. The molecule has 0 amide bonds. The van der Waals surface area contributed by atoms with E-state index in [1.807, 2.05) is 0 Å². The van der Waals surface area contributed by atoms with Gasteiger partial charge in [-0.05, 0) is 43.6 Å². The molecule has 2 aromatic rings. The fourth-order valence-electron chi connectivity index (χ4n) is 4.30. The van der Waals surface area contributed by atoms with Crippen LogP contribution in [0.15, 0.2) is 36.7 Å². The molecule has 0 radical (unpaired) electrons. The third-order valence-corrected chi connectivity index (χ3v) is 5.26. The normalized spacial score (nSPS) is 27.9. The predicted octanol–water partition coefficient (Wildman–Crippen LogP) is 4.36. The van der Waals surface area contributed by atoms with Gasteiger partial charge in [0, 0.05) is 11.5 Å². The van der Waals surface area contributed by atoms with Gasteiger partial charge in [0.25, 0.3) is 0 Å². The Morgan fingerprint density at radius 3 is 2.55 bits per heavy atom. The van der Waals surface area contributed by atoms with Gasteiger partial charge in [0.15, 0.2) is 0 Å². The standard InChI is InChI=1S/C18H20N2/c1-12-17(14-5-3-2-4-6-14)19-11-20-18(12)16-10-13-7-8-15(16)9-13/h2-6,11,13,15-16H,7-10H2,1H3. The van der Waals surface area contributed by atoms with Crippen LogP contribution in [0.4, 0.5) is 0 Å². The molecule has 2 aliphatic carbocycles. The number of nitrogens with zero attached hydrogens (tertiary/aromatic N) is 2. The molecule has 1 aromatic carbocycles. The van der Waals surface area contributed by atoms with Crippen LogP contribution in [0.3, 0.4) is 0 Å². The highest BCUT2D eigenvalue weighted by molar-refractivity contribution is 5.63. The molecule has 4 rings (SSSR count). The topological polar surface area (TPSA) is 25.8 Å². The average molecular weight is 264 g/mol. The summed E-state index contributed by atoms with van der Waals surface area (Å²) in [6.45, 7) is 2.20. The van der Waals surface area contributed by atoms with E-state index >= 15 is 0 Å². The lowest BCUT2D eigenvalue weighted by atomic mass is 9.84. The van der Waals surface area contributed by atoms with Gasteiger partial charge in [0.2, 0.25) is 0 Å². The summed E-state index contributed by atoms with van der Waals surface area (Å²) in [5, 5.41) is 0. The molecule has 2 heteroatoms. The average Bonchev–Trinajstić information content (AvgIpc) is 3.11. The van der Waals surface area contributed by atoms with Crippen LogP contribution < -0.4 is 0 Å². The van der Waals surface area contributed by atoms with E-state index in [-0.39, 0.29) is 0 Å². The fourth-order valence-corrected chi connectivity index (χ4v) is 4.30. The zero-order valence-electron chi connectivity index (χ0n) is 11.9. The van der Waals surface area contributed by atoms with Crippen molar-refractivity contribution in [3.8, 4) is 11.3 Å². The molecule has 102 valence electrons. The van der Waals surface area contributed by atoms with Gasteiger partial charge in [0.1, 0.15) is 6.33 Å². The van der Waals surface area contributed by atoms with Crippen LogP contribution in [0, 0.1) is 18.8 Å². The van der Waals surface area contributed by atoms with Crippen LogP contribution in [0.25, 0.3) is 11.3 Å². The minimum absolute atomic E-state index is 0.680. The smallest absolute Gasteiger partial charge is 0.116 e. The second kappa shape index (κ2) is 4.69. The third kappa shape index (κ3) is 1.86. The van der Waals surface area contributed by atoms with Crippen molar-refractivity contribution >= 4 is 0 Å². The minimum Gasteiger partial charge on any atom is -0.241 e. The molecule has 0 spiro atoms. The van der Waals surface area contributed by atoms with Crippen molar-refractivity contribution < 1.29 is 0 Å². The Labute approximate surface area is 120 Å². The first-order valence-electron chi connectivity index (χ1n) is 7.70. The van der Waals surface area contributed by atoms with E-state index in [0.29, 0.717) is 5.92 Å². The second-order valence-electron chi connectivity index (χ2n) is 6.38. The summed E-state index contributed by atoms with van der Waals surface area (Å²) in [5.41, 5.74) is 4.91. The lowest BCUT2D eigenvalue weighted by Gasteiger charge is -2.23. The molecule has 2 saturated carbocycles. The Balaban J connectivity index is 1.75. The molecule has 2 bridgehead atoms. The zero-order valence-corrected chi connectivity index (χ0v) is 11.9. The summed E-state index contributed by atoms with van der Waals surface area (Å²) < 4.78 is 0. The number of benzene rings is 1. The Hall–Kier alpha value is -1.70. The van der Waals surface area contributed by atoms with E-state index in [9.17, 15) is 0 Å². The highest BCUT2D eigenvalue weighted by Gasteiger charge is 2.41. The molecule has 2 fully saturated rings. The molecular formula is C18H20N2. The molecule has 3 unspecified atom stereocenters. The van der Waals surface area contributed by atoms with E-state index in [0.717, 1.165) is 17.5 Å². The molecule has 0 N–H and O–H groups in total. The van der Waals surface area contributed by atoms with Gasteiger partial charge in [-0.15, -0.1) is 0 Å². The number of aromatic nitrogens is 2. The fraction of sp³-hybridized carbons (Fsp3) is 0.444. The first-order chi connectivity index (χ1) is 9.83. The SMILES string of the molecule is Cc1c(-c2ccccc2)ncnc1C1CC2CCC1C2. The molecule has 3 atom stereocenters. The van der Waals surface area contributed by atoms with Gasteiger partial charge in [-0.25, -0.2) is 9.97 Å². The maximum Gasteiger partial charge on any atom is 0.116 e. The lowest BCUT2D eigenvalue weighted by Crippen LogP contribution is -2.12. The highest BCUT2D eigenvalue weighted by atomic mass is 14.9. The minimum atomic E-state index is 0.680. The van der Waals surface area contributed by atoms with E-state index in [2.05, 4.69) is 47.2 Å². The van der Waals surface area contributed by atoms with Crippen LogP contribution in [0.2, 0.25) is 0 Å². The van der Waals surface area contributed by atoms with Crippen molar-refractivity contribution in [3.05, 3.63) is 47.9 Å². The van der Waals surface area contributed by atoms with E-state index in [4.69, 9.17) is 0 Å². The van der Waals surface area contributed by atoms with Crippen LogP contribution in [-0.4, -0.2) is 9.97 Å². The number of fused-ring (bicyclic) bond motifs is 2. The lowest BCUT2D eigenvalue weighted by molar-refractivity contribution is 0.411. The van der Waals surface area contributed by atoms with Gasteiger partial charge >= 0.3 is 0 Å². The number of hydrogen-bond acceptors (Lipinski definition) is 2. The number of rotatable bonds is 2. The monoisotopic (exact) mass is 264 g/mol. The molecule has 20 heavy (non-hydrogen) atoms. The maximum absolute atomic E-state index is 4.65. The predicted molar refractivity (Wildman–Crippen MR) is 80.4 cm³/mol. The summed E-state index contributed by atoms with van der Waals surface area (Å²) in [5.74, 6) is 2.51. The van der Waals surface area contributed by atoms with E-state index in [1.165, 1.54) is 42.5 Å². The first kappa shape index (κ1) is 12.1. The van der Waals surface area contributed by atoms with Crippen molar-refractivity contribution in [2.45, 2.75) is 38.5 Å². The van der Waals surface area contributed by atoms with Crippen LogP contribution in [-0.2, 0) is 0 Å². The highest BCUT2D eigenvalue weighted by Crippen LogP contribution is 2.53. The van der Waals surface area contributed by atoms with Crippen LogP contribution >= 0.6 is 0 Å². The first-order valence-corrected chi connectivity index (χ1v) is 7.70. The molecule has 1 aromatic heterocycles. The molecule has 0 saturated heterocycles. The molecule has 1 heterocycles. The van der Waals surface area contributed by atoms with Crippen molar-refractivity contribution in [3.63, 3.8) is 0 Å². The summed E-state index contributed by atoms with van der Waals surface area (Å²) in [7, 11) is 0. The Morgan fingerprint density at radius 1 is 1.00 bits per heavy atom. The summed E-state index contributed by atoms with van der Waals surface area (Å²) in [6.07, 6.45) is 7.37. The molecule has 0 aliphatic heterocycles. The summed E-state index contributed by atoms with van der Waals surface area (Å²) >= 11 is 0. The zero-order chi connectivity index (χ0) is 13.5. The maximum atomic E-state index is 4.65. The molecule has 2 aliphatic rings. The Morgan fingerprint density at radius 2 is 1.85 bits per heavy atom. The van der Waals surface area contributed by atoms with E-state index < -0.39 is 0 Å². The van der Waals surface area contributed by atoms with Crippen LogP contribution in [0.1, 0.15) is 42.9 Å². The van der Waals surface area contributed by atoms with Gasteiger partial charge < -0.3 is 0 Å². The summed E-state index contributed by atoms with van der Waals surface area (Å²) in [6, 6.07) is 10.5. The van der Waals surface area contributed by atoms with Crippen molar-refractivity contribution in [1.82, 2.24) is 9.97 Å². The van der Waals surface area contributed by atoms with E-state index in [1.54, 1.807) is 6.33 Å². The number of hydrogen-bond donors (Lipinski definition) is 0.